The highest BCUT2D eigenvalue weighted by Crippen LogP contribution is 2.47. The fraction of sp³-hybridized carbons (Fsp3) is 0.222. The van der Waals surface area contributed by atoms with E-state index in [2.05, 4.69) is 56.1 Å². The number of carbonyl (C=O) groups excluding carboxylic acids is 1. The van der Waals surface area contributed by atoms with Crippen LogP contribution in [-0.2, 0) is 29.7 Å². The highest BCUT2D eigenvalue weighted by molar-refractivity contribution is 6.31. The number of amides is 1. The van der Waals surface area contributed by atoms with E-state index in [1.54, 1.807) is 14.2 Å². The highest BCUT2D eigenvalue weighted by atomic mass is 35.5. The fourth-order valence-electron chi connectivity index (χ4n) is 8.31. The van der Waals surface area contributed by atoms with Gasteiger partial charge in [0.25, 0.3) is 0 Å². The van der Waals surface area contributed by atoms with Crippen molar-refractivity contribution in [1.29, 1.82) is 0 Å². The molecule has 1 amide bonds. The molecule has 1 fully saturated rings. The minimum atomic E-state index is -0.909. The molecule has 3 N–H and O–H groups in total. The summed E-state index contributed by atoms with van der Waals surface area (Å²) >= 11 is 6.45. The maximum Gasteiger partial charge on any atom is 0.228 e. The SMILES string of the molecule is COc1ccccc1C(c1ccccc1)(c1ccccc1)n1cnc(Cc2cccc3[nH]nc(CC(=O)N4CCN(c5cccc(Cl)c5CN)CC4)c23)c1OC. The monoisotopic (exact) mass is 765 g/mol. The molecule has 3 heterocycles. The average molecular weight is 766 g/mol. The summed E-state index contributed by atoms with van der Waals surface area (Å²) in [4.78, 5) is 23.1. The summed E-state index contributed by atoms with van der Waals surface area (Å²) < 4.78 is 14.5. The Kier molecular flexibility index (Phi) is 10.5. The van der Waals surface area contributed by atoms with Gasteiger partial charge >= 0.3 is 0 Å². The number of H-pyrrole nitrogens is 1. The maximum atomic E-state index is 13.8. The van der Waals surface area contributed by atoms with E-state index in [0.717, 1.165) is 55.9 Å². The summed E-state index contributed by atoms with van der Waals surface area (Å²) in [5.41, 5.74) is 13.4. The highest BCUT2D eigenvalue weighted by Gasteiger charge is 2.43. The number of para-hydroxylation sites is 1. The first-order valence-corrected chi connectivity index (χ1v) is 19.2. The minimum absolute atomic E-state index is 0.0344. The van der Waals surface area contributed by atoms with Gasteiger partial charge in [0.1, 0.15) is 17.0 Å². The number of hydrogen-bond acceptors (Lipinski definition) is 7. The molecule has 0 saturated carbocycles. The molecule has 0 radical (unpaired) electrons. The molecule has 8 rings (SSSR count). The summed E-state index contributed by atoms with van der Waals surface area (Å²) in [5.74, 6) is 1.38. The third-order valence-corrected chi connectivity index (χ3v) is 11.3. The van der Waals surface area contributed by atoms with Crippen molar-refractivity contribution in [3.05, 3.63) is 172 Å². The van der Waals surface area contributed by atoms with Gasteiger partial charge in [-0.3, -0.25) is 14.5 Å². The molecule has 1 saturated heterocycles. The second-order valence-electron chi connectivity index (χ2n) is 13.9. The fourth-order valence-corrected chi connectivity index (χ4v) is 8.56. The number of anilines is 1. The summed E-state index contributed by atoms with van der Waals surface area (Å²) in [5, 5.41) is 9.44. The smallest absolute Gasteiger partial charge is 0.228 e. The van der Waals surface area contributed by atoms with Gasteiger partial charge in [0, 0.05) is 66.4 Å². The third kappa shape index (κ3) is 6.54. The molecule has 56 heavy (non-hydrogen) atoms. The molecule has 11 heteroatoms. The first kappa shape index (κ1) is 36.9. The van der Waals surface area contributed by atoms with Gasteiger partial charge in [-0.1, -0.05) is 109 Å². The Bertz CT molecular complexity index is 2420. The van der Waals surface area contributed by atoms with Crippen molar-refractivity contribution in [2.75, 3.05) is 45.3 Å². The molecular weight excluding hydrogens is 722 g/mol. The predicted octanol–water partition coefficient (Wildman–Crippen LogP) is 7.21. The van der Waals surface area contributed by atoms with Crippen molar-refractivity contribution in [3.63, 3.8) is 0 Å². The second-order valence-corrected chi connectivity index (χ2v) is 14.3. The second kappa shape index (κ2) is 15.9. The molecule has 7 aromatic rings. The van der Waals surface area contributed by atoms with Crippen LogP contribution in [0, 0.1) is 0 Å². The van der Waals surface area contributed by atoms with E-state index in [9.17, 15) is 4.79 Å². The van der Waals surface area contributed by atoms with E-state index in [4.69, 9.17) is 31.8 Å². The lowest BCUT2D eigenvalue weighted by Gasteiger charge is -2.38. The number of carbonyl (C=O) groups is 1. The lowest BCUT2D eigenvalue weighted by Crippen LogP contribution is -2.49. The van der Waals surface area contributed by atoms with Gasteiger partial charge in [-0.05, 0) is 41.0 Å². The van der Waals surface area contributed by atoms with Gasteiger partial charge in [-0.15, -0.1) is 0 Å². The van der Waals surface area contributed by atoms with Crippen molar-refractivity contribution < 1.29 is 14.3 Å². The van der Waals surface area contributed by atoms with E-state index in [1.165, 1.54) is 0 Å². The van der Waals surface area contributed by atoms with Crippen molar-refractivity contribution in [1.82, 2.24) is 24.6 Å². The van der Waals surface area contributed by atoms with E-state index in [-0.39, 0.29) is 12.3 Å². The Morgan fingerprint density at radius 3 is 2.16 bits per heavy atom. The van der Waals surface area contributed by atoms with Crippen molar-refractivity contribution in [3.8, 4) is 11.6 Å². The number of piperazine rings is 1. The van der Waals surface area contributed by atoms with Gasteiger partial charge in [0.05, 0.1) is 38.2 Å². The number of nitrogens with two attached hydrogens (primary N) is 1. The Balaban J connectivity index is 1.13. The number of methoxy groups -OCH3 is 2. The van der Waals surface area contributed by atoms with E-state index in [0.29, 0.717) is 55.7 Å². The maximum absolute atomic E-state index is 13.8. The molecule has 0 spiro atoms. The normalized spacial score (nSPS) is 13.3. The van der Waals surface area contributed by atoms with Crippen LogP contribution in [0.4, 0.5) is 5.69 Å². The van der Waals surface area contributed by atoms with Crippen LogP contribution in [0.15, 0.2) is 128 Å². The van der Waals surface area contributed by atoms with Gasteiger partial charge in [0.15, 0.2) is 0 Å². The number of nitrogens with one attached hydrogen (secondary N) is 1. The number of fused-ring (bicyclic) bond motifs is 1. The van der Waals surface area contributed by atoms with Crippen LogP contribution in [-0.4, -0.2) is 71.0 Å². The molecule has 0 unspecified atom stereocenters. The zero-order valence-electron chi connectivity index (χ0n) is 31.5. The number of hydrogen-bond donors (Lipinski definition) is 2. The molecular formula is C45H44ClN7O3. The number of nitrogens with zero attached hydrogens (tertiary/aromatic N) is 5. The molecule has 1 aliphatic heterocycles. The quantitative estimate of drug-likeness (QED) is 0.126. The van der Waals surface area contributed by atoms with E-state index >= 15 is 0 Å². The van der Waals surface area contributed by atoms with Crippen molar-refractivity contribution >= 4 is 34.1 Å². The van der Waals surface area contributed by atoms with Crippen LogP contribution in [0.3, 0.4) is 0 Å². The number of benzene rings is 5. The lowest BCUT2D eigenvalue weighted by molar-refractivity contribution is -0.130. The zero-order valence-corrected chi connectivity index (χ0v) is 32.2. The van der Waals surface area contributed by atoms with Crippen LogP contribution in [0.5, 0.6) is 11.6 Å². The Morgan fingerprint density at radius 2 is 1.48 bits per heavy atom. The number of aromatic amines is 1. The Morgan fingerprint density at radius 1 is 0.804 bits per heavy atom. The van der Waals surface area contributed by atoms with Gasteiger partial charge in [0.2, 0.25) is 11.8 Å². The first-order valence-electron chi connectivity index (χ1n) is 18.8. The number of rotatable bonds is 12. The summed E-state index contributed by atoms with van der Waals surface area (Å²) in [6, 6.07) is 40.8. The number of imidazole rings is 1. The molecule has 0 bridgehead atoms. The third-order valence-electron chi connectivity index (χ3n) is 10.9. The molecule has 0 aliphatic carbocycles. The van der Waals surface area contributed by atoms with Crippen LogP contribution < -0.4 is 20.1 Å². The number of halogens is 1. The van der Waals surface area contributed by atoms with E-state index in [1.807, 2.05) is 96.2 Å². The van der Waals surface area contributed by atoms with Gasteiger partial charge < -0.3 is 25.0 Å². The van der Waals surface area contributed by atoms with Crippen molar-refractivity contribution in [2.24, 2.45) is 5.73 Å². The van der Waals surface area contributed by atoms with Gasteiger partial charge in [-0.2, -0.15) is 5.10 Å². The topological polar surface area (TPSA) is 115 Å². The molecule has 0 atom stereocenters. The molecule has 10 nitrogen and oxygen atoms in total. The number of ether oxygens (including phenoxy) is 2. The zero-order chi connectivity index (χ0) is 38.6. The molecule has 5 aromatic carbocycles. The lowest BCUT2D eigenvalue weighted by atomic mass is 9.76. The largest absolute Gasteiger partial charge is 0.496 e. The molecule has 1 aliphatic rings. The van der Waals surface area contributed by atoms with Crippen LogP contribution in [0.25, 0.3) is 10.9 Å². The standard InChI is InChI=1S/C45H44ClN7O3/c1-55-41-22-10-9-18-35(41)45(32-14-5-3-6-15-32,33-16-7-4-8-17-33)53-30-48-39(44(53)56-2)27-31-13-11-20-37-43(31)38(50-49-37)28-42(54)52-25-23-51(24-26-52)40-21-12-19-36(46)34(40)29-47/h3-22,30H,23-29,47H2,1-2H3,(H,49,50). The Labute approximate surface area is 331 Å². The molecule has 284 valence electrons. The average Bonchev–Trinajstić information content (AvgIpc) is 3.86. The van der Waals surface area contributed by atoms with E-state index < -0.39 is 5.54 Å². The predicted molar refractivity (Wildman–Crippen MR) is 221 cm³/mol. The summed E-state index contributed by atoms with van der Waals surface area (Å²) in [7, 11) is 3.38. The first-order chi connectivity index (χ1) is 27.5. The summed E-state index contributed by atoms with van der Waals surface area (Å²) in [6.45, 7) is 2.93. The Hall–Kier alpha value is -6.10. The van der Waals surface area contributed by atoms with Crippen LogP contribution in [0.1, 0.15) is 39.2 Å². The van der Waals surface area contributed by atoms with Crippen molar-refractivity contribution in [2.45, 2.75) is 24.9 Å². The summed E-state index contributed by atoms with van der Waals surface area (Å²) in [6.07, 6.45) is 2.48. The number of aromatic nitrogens is 4. The minimum Gasteiger partial charge on any atom is -0.496 e. The van der Waals surface area contributed by atoms with Crippen LogP contribution in [0.2, 0.25) is 5.02 Å². The van der Waals surface area contributed by atoms with Gasteiger partial charge in [-0.25, -0.2) is 4.98 Å². The van der Waals surface area contributed by atoms with Crippen LogP contribution >= 0.6 is 11.6 Å². The molecule has 2 aromatic heterocycles.